The highest BCUT2D eigenvalue weighted by Gasteiger charge is 2.36. The summed E-state index contributed by atoms with van der Waals surface area (Å²) in [6.45, 7) is -0.472. The highest BCUT2D eigenvalue weighted by molar-refractivity contribution is 7.89. The zero-order chi connectivity index (χ0) is 16.4. The van der Waals surface area contributed by atoms with Crippen LogP contribution in [0.3, 0.4) is 0 Å². The smallest absolute Gasteiger partial charge is 0.294 e. The van der Waals surface area contributed by atoms with Crippen LogP contribution >= 0.6 is 0 Å². The first-order valence-electron chi connectivity index (χ1n) is 6.45. The van der Waals surface area contributed by atoms with Crippen LogP contribution in [0, 0.1) is 0 Å². The predicted octanol–water partition coefficient (Wildman–Crippen LogP) is 1.01. The number of sulfonamides is 1. The van der Waals surface area contributed by atoms with Gasteiger partial charge in [-0.2, -0.15) is 17.5 Å². The fourth-order valence-corrected chi connectivity index (χ4v) is 3.43. The van der Waals surface area contributed by atoms with Crippen molar-refractivity contribution >= 4 is 21.7 Å². The Morgan fingerprint density at radius 2 is 1.95 bits per heavy atom. The minimum Gasteiger partial charge on any atom is -0.294 e. The van der Waals surface area contributed by atoms with Crippen molar-refractivity contribution in [3.05, 3.63) is 24.4 Å². The van der Waals surface area contributed by atoms with Gasteiger partial charge in [0.25, 0.3) is 0 Å². The van der Waals surface area contributed by atoms with Crippen LogP contribution in [0.15, 0.2) is 24.4 Å². The molecule has 22 heavy (non-hydrogen) atoms. The number of halogens is 3. The molecule has 0 aliphatic carbocycles. The molecule has 1 aromatic heterocycles. The minimum atomic E-state index is -4.55. The number of nitrogens with zero attached hydrogens (tertiary/aromatic N) is 3. The van der Waals surface area contributed by atoms with E-state index in [1.165, 1.54) is 11.1 Å². The summed E-state index contributed by atoms with van der Waals surface area (Å²) < 4.78 is 61.0. The Labute approximate surface area is 125 Å². The monoisotopic (exact) mass is 337 g/mol. The van der Waals surface area contributed by atoms with Crippen molar-refractivity contribution < 1.29 is 26.4 Å². The molecule has 1 aromatic rings. The summed E-state index contributed by atoms with van der Waals surface area (Å²) in [6.07, 6.45) is -4.48. The Balaban J connectivity index is 2.02. The third-order valence-electron chi connectivity index (χ3n) is 3.15. The molecule has 0 N–H and O–H groups in total. The Kier molecular flexibility index (Phi) is 4.71. The van der Waals surface area contributed by atoms with Gasteiger partial charge in [-0.15, -0.1) is 0 Å². The molecule has 1 aliphatic heterocycles. The van der Waals surface area contributed by atoms with Gasteiger partial charge in [-0.3, -0.25) is 9.69 Å². The molecule has 6 nitrogen and oxygen atoms in total. The number of amides is 1. The minimum absolute atomic E-state index is 0.0531. The molecule has 10 heteroatoms. The Hall–Kier alpha value is -1.68. The number of aromatic nitrogens is 1. The summed E-state index contributed by atoms with van der Waals surface area (Å²) in [5.74, 6) is -1.17. The number of piperazine rings is 1. The third-order valence-corrected chi connectivity index (χ3v) is 4.97. The summed E-state index contributed by atoms with van der Waals surface area (Å²) in [5, 5.41) is 0. The first-order valence-corrected chi connectivity index (χ1v) is 8.06. The van der Waals surface area contributed by atoms with Crippen LogP contribution in [0.2, 0.25) is 0 Å². The molecule has 1 saturated heterocycles. The average molecular weight is 337 g/mol. The highest BCUT2D eigenvalue weighted by atomic mass is 32.2. The number of pyridine rings is 1. The van der Waals surface area contributed by atoms with Gasteiger partial charge < -0.3 is 0 Å². The van der Waals surface area contributed by atoms with Gasteiger partial charge in [0.2, 0.25) is 15.9 Å². The van der Waals surface area contributed by atoms with Crippen molar-refractivity contribution in [2.45, 2.75) is 12.6 Å². The van der Waals surface area contributed by atoms with Crippen LogP contribution in [0.25, 0.3) is 0 Å². The normalized spacial score (nSPS) is 17.8. The molecule has 1 amide bonds. The summed E-state index contributed by atoms with van der Waals surface area (Å²) in [4.78, 5) is 17.3. The zero-order valence-electron chi connectivity index (χ0n) is 11.5. The van der Waals surface area contributed by atoms with E-state index in [9.17, 15) is 26.4 Å². The number of anilines is 1. The molecule has 0 bridgehead atoms. The van der Waals surface area contributed by atoms with Crippen LogP contribution < -0.4 is 4.90 Å². The molecule has 0 radical (unpaired) electrons. The van der Waals surface area contributed by atoms with Crippen molar-refractivity contribution in [3.8, 4) is 0 Å². The van der Waals surface area contributed by atoms with E-state index in [1.807, 2.05) is 0 Å². The van der Waals surface area contributed by atoms with Crippen molar-refractivity contribution in [1.82, 2.24) is 9.29 Å². The first kappa shape index (κ1) is 16.7. The zero-order valence-corrected chi connectivity index (χ0v) is 12.3. The van der Waals surface area contributed by atoms with Crippen molar-refractivity contribution in [2.75, 3.05) is 30.3 Å². The second kappa shape index (κ2) is 6.21. The number of alkyl halides is 3. The molecule has 0 spiro atoms. The molecule has 1 fully saturated rings. The Morgan fingerprint density at radius 1 is 1.23 bits per heavy atom. The number of carbonyl (C=O) groups is 1. The number of hydrogen-bond donors (Lipinski definition) is 0. The largest absolute Gasteiger partial charge is 0.390 e. The van der Waals surface area contributed by atoms with Crippen molar-refractivity contribution in [3.63, 3.8) is 0 Å². The Morgan fingerprint density at radius 3 is 2.50 bits per heavy atom. The summed E-state index contributed by atoms with van der Waals surface area (Å²) >= 11 is 0. The van der Waals surface area contributed by atoms with Gasteiger partial charge in [-0.1, -0.05) is 6.07 Å². The van der Waals surface area contributed by atoms with E-state index in [0.717, 1.165) is 4.31 Å². The van der Waals surface area contributed by atoms with Crippen LogP contribution in [0.5, 0.6) is 0 Å². The lowest BCUT2D eigenvalue weighted by molar-refractivity contribution is -0.130. The van der Waals surface area contributed by atoms with Crippen LogP contribution in [-0.4, -0.2) is 55.2 Å². The number of rotatable bonds is 4. The Bertz CT molecular complexity index is 634. The lowest BCUT2D eigenvalue weighted by atomic mass is 10.3. The maximum absolute atomic E-state index is 12.1. The third kappa shape index (κ3) is 4.17. The topological polar surface area (TPSA) is 70.6 Å². The lowest BCUT2D eigenvalue weighted by Gasteiger charge is -2.33. The lowest BCUT2D eigenvalue weighted by Crippen LogP contribution is -2.53. The van der Waals surface area contributed by atoms with E-state index in [0.29, 0.717) is 5.82 Å². The standard InChI is InChI=1S/C12H14F3N3O3S/c13-12(14,15)4-8-22(20,21)17-6-7-18(11(19)9-17)10-3-1-2-5-16-10/h1-3,5H,4,6-9H2. The average Bonchev–Trinajstić information content (AvgIpc) is 2.45. The quantitative estimate of drug-likeness (QED) is 0.822. The highest BCUT2D eigenvalue weighted by Crippen LogP contribution is 2.22. The molecule has 0 saturated carbocycles. The molecular weight excluding hydrogens is 323 g/mol. The second-order valence-electron chi connectivity index (χ2n) is 4.75. The first-order chi connectivity index (χ1) is 10.2. The van der Waals surface area contributed by atoms with E-state index in [1.54, 1.807) is 18.2 Å². The van der Waals surface area contributed by atoms with Gasteiger partial charge in [0.1, 0.15) is 5.82 Å². The van der Waals surface area contributed by atoms with Crippen molar-refractivity contribution in [2.24, 2.45) is 0 Å². The van der Waals surface area contributed by atoms with E-state index in [4.69, 9.17) is 0 Å². The maximum atomic E-state index is 12.1. The number of hydrogen-bond acceptors (Lipinski definition) is 4. The summed E-state index contributed by atoms with van der Waals surface area (Å²) in [5.41, 5.74) is 0. The van der Waals surface area contributed by atoms with E-state index in [2.05, 4.69) is 4.98 Å². The van der Waals surface area contributed by atoms with Crippen LogP contribution in [0.4, 0.5) is 19.0 Å². The van der Waals surface area contributed by atoms with Crippen molar-refractivity contribution in [1.29, 1.82) is 0 Å². The van der Waals surface area contributed by atoms with Gasteiger partial charge >= 0.3 is 6.18 Å². The molecule has 2 rings (SSSR count). The second-order valence-corrected chi connectivity index (χ2v) is 6.84. The van der Waals surface area contributed by atoms with Gasteiger partial charge in [0, 0.05) is 19.3 Å². The summed E-state index contributed by atoms with van der Waals surface area (Å²) in [6, 6.07) is 4.96. The fraction of sp³-hybridized carbons (Fsp3) is 0.500. The predicted molar refractivity (Wildman–Crippen MR) is 72.6 cm³/mol. The molecule has 2 heterocycles. The molecule has 1 aliphatic rings. The molecule has 0 unspecified atom stereocenters. The van der Waals surface area contributed by atoms with Gasteiger partial charge in [-0.25, -0.2) is 13.4 Å². The van der Waals surface area contributed by atoms with Gasteiger partial charge in [0.05, 0.1) is 18.7 Å². The van der Waals surface area contributed by atoms with Gasteiger partial charge in [0.15, 0.2) is 0 Å². The molecular formula is C12H14F3N3O3S. The van der Waals surface area contributed by atoms with E-state index in [-0.39, 0.29) is 13.1 Å². The van der Waals surface area contributed by atoms with Crippen LogP contribution in [-0.2, 0) is 14.8 Å². The van der Waals surface area contributed by atoms with Crippen LogP contribution in [0.1, 0.15) is 6.42 Å². The number of carbonyl (C=O) groups excluding carboxylic acids is 1. The van der Waals surface area contributed by atoms with Gasteiger partial charge in [-0.05, 0) is 12.1 Å². The molecule has 0 aromatic carbocycles. The summed E-state index contributed by atoms with van der Waals surface area (Å²) in [7, 11) is -4.11. The molecule has 0 atom stereocenters. The fourth-order valence-electron chi connectivity index (χ4n) is 2.02. The maximum Gasteiger partial charge on any atom is 0.390 e. The molecule has 122 valence electrons. The SMILES string of the molecule is O=C1CN(S(=O)(=O)CCC(F)(F)F)CCN1c1ccccn1. The van der Waals surface area contributed by atoms with E-state index < -0.39 is 40.8 Å². The van der Waals surface area contributed by atoms with E-state index >= 15 is 0 Å².